The van der Waals surface area contributed by atoms with Crippen molar-refractivity contribution >= 4 is 16.8 Å². The third-order valence-electron chi connectivity index (χ3n) is 2.91. The Morgan fingerprint density at radius 2 is 1.78 bits per heavy atom. The van der Waals surface area contributed by atoms with Gasteiger partial charge in [0.05, 0.1) is 5.92 Å². The summed E-state index contributed by atoms with van der Waals surface area (Å²) in [6, 6.07) is 14.4. The Balaban J connectivity index is 2.40. The van der Waals surface area contributed by atoms with E-state index in [1.165, 1.54) is 6.07 Å². The maximum absolute atomic E-state index is 13.9. The maximum atomic E-state index is 13.9. The highest BCUT2D eigenvalue weighted by Gasteiger charge is 2.17. The first-order valence-electron chi connectivity index (χ1n) is 5.64. The van der Waals surface area contributed by atoms with Crippen molar-refractivity contribution in [2.24, 2.45) is 0 Å². The van der Waals surface area contributed by atoms with Crippen LogP contribution in [0.3, 0.4) is 0 Å². The number of benzene rings is 2. The molecule has 0 amide bonds. The Labute approximate surface area is 110 Å². The number of carbonyl (C=O) groups excluding carboxylic acids is 1. The molecule has 2 aromatic carbocycles. The van der Waals surface area contributed by atoms with Gasteiger partial charge < -0.3 is 0 Å². The predicted molar refractivity (Wildman–Crippen MR) is 71.1 cm³/mol. The molecule has 0 radical (unpaired) electrons. The number of carbonyl (C=O) groups is 1. The average molecular weight is 263 g/mol. The van der Waals surface area contributed by atoms with Crippen LogP contribution in [-0.4, -0.2) is 5.24 Å². The van der Waals surface area contributed by atoms with Gasteiger partial charge in [-0.25, -0.2) is 4.39 Å². The molecule has 3 heteroatoms. The minimum Gasteiger partial charge on any atom is -0.281 e. The minimum atomic E-state index is -0.628. The van der Waals surface area contributed by atoms with E-state index in [4.69, 9.17) is 11.6 Å². The van der Waals surface area contributed by atoms with Crippen molar-refractivity contribution in [3.8, 4) is 11.1 Å². The lowest BCUT2D eigenvalue weighted by Gasteiger charge is -2.10. The van der Waals surface area contributed by atoms with Crippen LogP contribution in [0.4, 0.5) is 4.39 Å². The summed E-state index contributed by atoms with van der Waals surface area (Å²) in [6.45, 7) is 1.59. The standard InChI is InChI=1S/C15H12ClFO/c1-10(15(16)18)13-8-7-12(9-14(13)17)11-5-3-2-4-6-11/h2-10H,1H3. The van der Waals surface area contributed by atoms with Gasteiger partial charge in [0.1, 0.15) is 5.82 Å². The molecule has 0 aromatic heterocycles. The third-order valence-corrected chi connectivity index (χ3v) is 3.24. The average Bonchev–Trinajstić information content (AvgIpc) is 2.38. The number of rotatable bonds is 3. The fraction of sp³-hybridized carbons (Fsp3) is 0.133. The molecule has 1 unspecified atom stereocenters. The van der Waals surface area contributed by atoms with Crippen molar-refractivity contribution in [2.45, 2.75) is 12.8 Å². The van der Waals surface area contributed by atoms with Gasteiger partial charge in [-0.2, -0.15) is 0 Å². The van der Waals surface area contributed by atoms with Gasteiger partial charge in [0.15, 0.2) is 0 Å². The summed E-state index contributed by atoms with van der Waals surface area (Å²) < 4.78 is 13.9. The largest absolute Gasteiger partial charge is 0.281 e. The van der Waals surface area contributed by atoms with E-state index in [0.717, 1.165) is 11.1 Å². The highest BCUT2D eigenvalue weighted by molar-refractivity contribution is 6.64. The van der Waals surface area contributed by atoms with Gasteiger partial charge in [-0.15, -0.1) is 0 Å². The topological polar surface area (TPSA) is 17.1 Å². The highest BCUT2D eigenvalue weighted by atomic mass is 35.5. The zero-order chi connectivity index (χ0) is 13.1. The lowest BCUT2D eigenvalue weighted by Crippen LogP contribution is -2.04. The Hall–Kier alpha value is -1.67. The zero-order valence-corrected chi connectivity index (χ0v) is 10.6. The molecule has 0 aliphatic rings. The van der Waals surface area contributed by atoms with Crippen LogP contribution in [0.1, 0.15) is 18.4 Å². The third kappa shape index (κ3) is 2.59. The highest BCUT2D eigenvalue weighted by Crippen LogP contribution is 2.26. The van der Waals surface area contributed by atoms with E-state index >= 15 is 0 Å². The van der Waals surface area contributed by atoms with Crippen molar-refractivity contribution in [2.75, 3.05) is 0 Å². The van der Waals surface area contributed by atoms with Crippen LogP contribution in [0.2, 0.25) is 0 Å². The summed E-state index contributed by atoms with van der Waals surface area (Å²) in [5.41, 5.74) is 2.05. The van der Waals surface area contributed by atoms with Crippen LogP contribution >= 0.6 is 11.6 Å². The number of hydrogen-bond acceptors (Lipinski definition) is 1. The SMILES string of the molecule is CC(C(=O)Cl)c1ccc(-c2ccccc2)cc1F. The van der Waals surface area contributed by atoms with Gasteiger partial charge in [-0.1, -0.05) is 49.4 Å². The molecule has 0 spiro atoms. The van der Waals surface area contributed by atoms with E-state index in [0.29, 0.717) is 5.56 Å². The molecular formula is C15H12ClFO. The molecule has 2 rings (SSSR count). The van der Waals surface area contributed by atoms with Crippen LogP contribution in [-0.2, 0) is 4.79 Å². The molecule has 1 nitrogen and oxygen atoms in total. The molecule has 0 saturated carbocycles. The van der Waals surface area contributed by atoms with E-state index < -0.39 is 17.0 Å². The Morgan fingerprint density at radius 3 is 2.33 bits per heavy atom. The van der Waals surface area contributed by atoms with Gasteiger partial charge in [-0.3, -0.25) is 4.79 Å². The molecular weight excluding hydrogens is 251 g/mol. The van der Waals surface area contributed by atoms with Crippen molar-refractivity contribution in [1.29, 1.82) is 0 Å². The van der Waals surface area contributed by atoms with Gasteiger partial charge in [0, 0.05) is 0 Å². The van der Waals surface area contributed by atoms with Crippen LogP contribution in [0, 0.1) is 5.82 Å². The quantitative estimate of drug-likeness (QED) is 0.751. The normalized spacial score (nSPS) is 12.2. The molecule has 0 bridgehead atoms. The lowest BCUT2D eigenvalue weighted by molar-refractivity contribution is -0.112. The smallest absolute Gasteiger partial charge is 0.228 e. The number of halogens is 2. The van der Waals surface area contributed by atoms with Gasteiger partial charge in [-0.05, 0) is 34.4 Å². The van der Waals surface area contributed by atoms with Crippen LogP contribution in [0.15, 0.2) is 48.5 Å². The van der Waals surface area contributed by atoms with Crippen LogP contribution in [0.5, 0.6) is 0 Å². The first kappa shape index (κ1) is 12.8. The fourth-order valence-electron chi connectivity index (χ4n) is 1.81. The summed E-state index contributed by atoms with van der Waals surface area (Å²) in [5, 5.41) is -0.554. The molecule has 0 fully saturated rings. The van der Waals surface area contributed by atoms with E-state index in [1.807, 2.05) is 30.3 Å². The monoisotopic (exact) mass is 262 g/mol. The minimum absolute atomic E-state index is 0.328. The molecule has 92 valence electrons. The van der Waals surface area contributed by atoms with E-state index in [1.54, 1.807) is 19.1 Å². The molecule has 2 aromatic rings. The summed E-state index contributed by atoms with van der Waals surface area (Å²) in [5.74, 6) is -1.03. The van der Waals surface area contributed by atoms with Gasteiger partial charge >= 0.3 is 0 Å². The molecule has 1 atom stereocenters. The summed E-state index contributed by atoms with van der Waals surface area (Å²) in [7, 11) is 0. The van der Waals surface area contributed by atoms with Gasteiger partial charge in [0.2, 0.25) is 5.24 Å². The Morgan fingerprint density at radius 1 is 1.11 bits per heavy atom. The van der Waals surface area contributed by atoms with E-state index in [-0.39, 0.29) is 0 Å². The fourth-order valence-corrected chi connectivity index (χ4v) is 1.93. The van der Waals surface area contributed by atoms with E-state index in [2.05, 4.69) is 0 Å². The first-order chi connectivity index (χ1) is 8.59. The molecule has 0 saturated heterocycles. The second-order valence-corrected chi connectivity index (χ2v) is 4.50. The maximum Gasteiger partial charge on any atom is 0.228 e. The van der Waals surface area contributed by atoms with Crippen molar-refractivity contribution in [1.82, 2.24) is 0 Å². The molecule has 0 heterocycles. The molecule has 0 aliphatic carbocycles. The Kier molecular flexibility index (Phi) is 3.78. The van der Waals surface area contributed by atoms with Crippen molar-refractivity contribution in [3.05, 3.63) is 59.9 Å². The second kappa shape index (κ2) is 5.32. The van der Waals surface area contributed by atoms with Crippen molar-refractivity contribution < 1.29 is 9.18 Å². The first-order valence-corrected chi connectivity index (χ1v) is 6.01. The zero-order valence-electron chi connectivity index (χ0n) is 9.86. The summed E-state index contributed by atoms with van der Waals surface area (Å²) >= 11 is 5.39. The van der Waals surface area contributed by atoms with Crippen LogP contribution < -0.4 is 0 Å². The second-order valence-electron chi connectivity index (χ2n) is 4.13. The van der Waals surface area contributed by atoms with Crippen LogP contribution in [0.25, 0.3) is 11.1 Å². The number of hydrogen-bond donors (Lipinski definition) is 0. The Bertz CT molecular complexity index is 566. The van der Waals surface area contributed by atoms with Crippen molar-refractivity contribution in [3.63, 3.8) is 0 Å². The summed E-state index contributed by atoms with van der Waals surface area (Å²) in [6.07, 6.45) is 0. The predicted octanol–water partition coefficient (Wildman–Crippen LogP) is 4.36. The molecule has 0 N–H and O–H groups in total. The van der Waals surface area contributed by atoms with E-state index in [9.17, 15) is 9.18 Å². The summed E-state index contributed by atoms with van der Waals surface area (Å²) in [4.78, 5) is 11.1. The lowest BCUT2D eigenvalue weighted by atomic mass is 9.97. The molecule has 0 aliphatic heterocycles. The van der Waals surface area contributed by atoms with Gasteiger partial charge in [0.25, 0.3) is 0 Å². The molecule has 18 heavy (non-hydrogen) atoms.